The van der Waals surface area contributed by atoms with E-state index in [1.807, 2.05) is 35.2 Å². The van der Waals surface area contributed by atoms with E-state index in [4.69, 9.17) is 0 Å². The van der Waals surface area contributed by atoms with Crippen molar-refractivity contribution < 1.29 is 9.59 Å². The van der Waals surface area contributed by atoms with Crippen molar-refractivity contribution in [1.82, 2.24) is 9.80 Å². The van der Waals surface area contributed by atoms with Gasteiger partial charge in [-0.1, -0.05) is 43.2 Å². The third-order valence-electron chi connectivity index (χ3n) is 4.83. The molecular formula is C18H24N2O2. The molecule has 0 spiro atoms. The summed E-state index contributed by atoms with van der Waals surface area (Å²) in [5, 5.41) is 0. The fourth-order valence-corrected chi connectivity index (χ4v) is 3.48. The van der Waals surface area contributed by atoms with E-state index in [9.17, 15) is 9.59 Å². The van der Waals surface area contributed by atoms with Crippen molar-refractivity contribution in [2.45, 2.75) is 38.6 Å². The molecule has 1 aromatic rings. The molecule has 1 saturated carbocycles. The largest absolute Gasteiger partial charge is 0.335 e. The average Bonchev–Trinajstić information content (AvgIpc) is 3.03. The van der Waals surface area contributed by atoms with E-state index in [2.05, 4.69) is 0 Å². The number of piperazine rings is 1. The Kier molecular flexibility index (Phi) is 4.76. The molecule has 22 heavy (non-hydrogen) atoms. The van der Waals surface area contributed by atoms with Crippen LogP contribution in [0.15, 0.2) is 30.3 Å². The summed E-state index contributed by atoms with van der Waals surface area (Å²) in [5.74, 6) is 0.777. The normalized spacial score (nSPS) is 19.7. The van der Waals surface area contributed by atoms with Crippen LogP contribution in [0.4, 0.5) is 0 Å². The summed E-state index contributed by atoms with van der Waals surface area (Å²) in [5.41, 5.74) is 1.14. The minimum atomic E-state index is 0.0647. The van der Waals surface area contributed by atoms with Gasteiger partial charge in [0.15, 0.2) is 0 Å². The van der Waals surface area contributed by atoms with Gasteiger partial charge in [0.25, 0.3) is 0 Å². The Morgan fingerprint density at radius 2 is 1.82 bits per heavy atom. The van der Waals surface area contributed by atoms with Gasteiger partial charge in [-0.25, -0.2) is 0 Å². The van der Waals surface area contributed by atoms with Gasteiger partial charge in [-0.05, 0) is 24.3 Å². The van der Waals surface area contributed by atoms with E-state index in [1.165, 1.54) is 25.7 Å². The molecule has 3 rings (SSSR count). The highest BCUT2D eigenvalue weighted by Gasteiger charge is 2.28. The number of hydrogen-bond donors (Lipinski definition) is 0. The molecule has 4 heteroatoms. The molecule has 2 fully saturated rings. The van der Waals surface area contributed by atoms with E-state index in [1.54, 1.807) is 4.90 Å². The van der Waals surface area contributed by atoms with E-state index in [0.29, 0.717) is 32.0 Å². The number of amides is 2. The van der Waals surface area contributed by atoms with Crippen LogP contribution in [0.5, 0.6) is 0 Å². The van der Waals surface area contributed by atoms with Gasteiger partial charge in [-0.3, -0.25) is 9.59 Å². The van der Waals surface area contributed by atoms with Crippen molar-refractivity contribution in [2.24, 2.45) is 5.92 Å². The van der Waals surface area contributed by atoms with Crippen molar-refractivity contribution in [3.63, 3.8) is 0 Å². The summed E-state index contributed by atoms with van der Waals surface area (Å²) in [6.45, 7) is 2.21. The molecule has 2 amide bonds. The molecule has 0 aromatic heterocycles. The number of carbonyl (C=O) groups excluding carboxylic acids is 2. The highest BCUT2D eigenvalue weighted by Crippen LogP contribution is 2.28. The van der Waals surface area contributed by atoms with Crippen molar-refractivity contribution in [2.75, 3.05) is 19.6 Å². The van der Waals surface area contributed by atoms with Gasteiger partial charge in [-0.2, -0.15) is 0 Å². The number of nitrogens with zero attached hydrogens (tertiary/aromatic N) is 2. The highest BCUT2D eigenvalue weighted by atomic mass is 16.2. The van der Waals surface area contributed by atoms with Crippen molar-refractivity contribution in [3.8, 4) is 0 Å². The lowest BCUT2D eigenvalue weighted by Gasteiger charge is -2.35. The van der Waals surface area contributed by atoms with E-state index in [0.717, 1.165) is 5.56 Å². The van der Waals surface area contributed by atoms with Crippen LogP contribution < -0.4 is 0 Å². The molecule has 0 radical (unpaired) electrons. The SMILES string of the molecule is O=C(CC1CCCC1)N1CCN(Cc2ccccc2)C(=O)C1. The first kappa shape index (κ1) is 15.1. The van der Waals surface area contributed by atoms with Gasteiger partial charge in [0, 0.05) is 26.1 Å². The number of hydrogen-bond acceptors (Lipinski definition) is 2. The number of benzene rings is 1. The first-order valence-corrected chi connectivity index (χ1v) is 8.32. The molecule has 1 heterocycles. The maximum atomic E-state index is 12.3. The topological polar surface area (TPSA) is 40.6 Å². The summed E-state index contributed by atoms with van der Waals surface area (Å²) < 4.78 is 0. The second kappa shape index (κ2) is 6.95. The molecule has 0 N–H and O–H groups in total. The Bertz CT molecular complexity index is 523. The molecule has 2 aliphatic rings. The molecule has 0 atom stereocenters. The summed E-state index contributed by atoms with van der Waals surface area (Å²) >= 11 is 0. The van der Waals surface area contributed by atoms with E-state index >= 15 is 0 Å². The van der Waals surface area contributed by atoms with Crippen LogP contribution in [0.3, 0.4) is 0 Å². The molecule has 1 aliphatic heterocycles. The van der Waals surface area contributed by atoms with Crippen LogP contribution in [0.2, 0.25) is 0 Å². The predicted octanol–water partition coefficient (Wildman–Crippen LogP) is 2.44. The quantitative estimate of drug-likeness (QED) is 0.857. The second-order valence-electron chi connectivity index (χ2n) is 6.47. The molecule has 0 unspecified atom stereocenters. The number of carbonyl (C=O) groups is 2. The Balaban J connectivity index is 1.51. The zero-order chi connectivity index (χ0) is 15.4. The maximum Gasteiger partial charge on any atom is 0.242 e. The van der Waals surface area contributed by atoms with Crippen molar-refractivity contribution in [1.29, 1.82) is 0 Å². The first-order valence-electron chi connectivity index (χ1n) is 8.32. The maximum absolute atomic E-state index is 12.3. The molecule has 118 valence electrons. The summed E-state index contributed by atoms with van der Waals surface area (Å²) in [6, 6.07) is 10.0. The van der Waals surface area contributed by atoms with Gasteiger partial charge in [0.05, 0.1) is 6.54 Å². The molecule has 1 aliphatic carbocycles. The van der Waals surface area contributed by atoms with Gasteiger partial charge in [0.1, 0.15) is 0 Å². The van der Waals surface area contributed by atoms with Crippen LogP contribution in [-0.4, -0.2) is 41.2 Å². The smallest absolute Gasteiger partial charge is 0.242 e. The van der Waals surface area contributed by atoms with Crippen LogP contribution in [0, 0.1) is 5.92 Å². The molecule has 0 bridgehead atoms. The number of rotatable bonds is 4. The van der Waals surface area contributed by atoms with Crippen LogP contribution >= 0.6 is 0 Å². The summed E-state index contributed by atoms with van der Waals surface area (Å²) in [4.78, 5) is 28.2. The predicted molar refractivity (Wildman–Crippen MR) is 85.0 cm³/mol. The second-order valence-corrected chi connectivity index (χ2v) is 6.47. The highest BCUT2D eigenvalue weighted by molar-refractivity contribution is 5.86. The fraction of sp³-hybridized carbons (Fsp3) is 0.556. The standard InChI is InChI=1S/C18H24N2O2/c21-17(12-15-6-4-5-7-15)20-11-10-19(18(22)14-20)13-16-8-2-1-3-9-16/h1-3,8-9,15H,4-7,10-14H2. The molecule has 4 nitrogen and oxygen atoms in total. The van der Waals surface area contributed by atoms with Gasteiger partial charge in [-0.15, -0.1) is 0 Å². The zero-order valence-electron chi connectivity index (χ0n) is 13.0. The van der Waals surface area contributed by atoms with E-state index < -0.39 is 0 Å². The van der Waals surface area contributed by atoms with Gasteiger partial charge in [0.2, 0.25) is 11.8 Å². The molecule has 1 aromatic carbocycles. The Morgan fingerprint density at radius 3 is 2.50 bits per heavy atom. The average molecular weight is 300 g/mol. The third-order valence-corrected chi connectivity index (χ3v) is 4.83. The lowest BCUT2D eigenvalue weighted by atomic mass is 10.0. The van der Waals surface area contributed by atoms with Crippen molar-refractivity contribution in [3.05, 3.63) is 35.9 Å². The molecule has 1 saturated heterocycles. The van der Waals surface area contributed by atoms with Crippen LogP contribution in [0.25, 0.3) is 0 Å². The minimum absolute atomic E-state index is 0.0647. The lowest BCUT2D eigenvalue weighted by molar-refractivity contribution is -0.146. The summed E-state index contributed by atoms with van der Waals surface area (Å²) in [7, 11) is 0. The van der Waals surface area contributed by atoms with Gasteiger partial charge >= 0.3 is 0 Å². The summed E-state index contributed by atoms with van der Waals surface area (Å²) in [6.07, 6.45) is 5.48. The Labute approximate surface area is 132 Å². The Hall–Kier alpha value is -1.84. The van der Waals surface area contributed by atoms with Crippen molar-refractivity contribution >= 4 is 11.8 Å². The monoisotopic (exact) mass is 300 g/mol. The lowest BCUT2D eigenvalue weighted by Crippen LogP contribution is -2.52. The van der Waals surface area contributed by atoms with Crippen LogP contribution in [0.1, 0.15) is 37.7 Å². The molecular weight excluding hydrogens is 276 g/mol. The first-order chi connectivity index (χ1) is 10.7. The zero-order valence-corrected chi connectivity index (χ0v) is 13.0. The fourth-order valence-electron chi connectivity index (χ4n) is 3.48. The minimum Gasteiger partial charge on any atom is -0.335 e. The van der Waals surface area contributed by atoms with Gasteiger partial charge < -0.3 is 9.80 Å². The third kappa shape index (κ3) is 3.67. The Morgan fingerprint density at radius 1 is 1.09 bits per heavy atom. The van der Waals surface area contributed by atoms with Crippen LogP contribution in [-0.2, 0) is 16.1 Å². The van der Waals surface area contributed by atoms with E-state index in [-0.39, 0.29) is 18.4 Å².